The van der Waals surface area contributed by atoms with Crippen LogP contribution in [0.1, 0.15) is 26.7 Å². The first-order chi connectivity index (χ1) is 12.1. The van der Waals surface area contributed by atoms with Gasteiger partial charge in [-0.3, -0.25) is 4.79 Å². The standard InChI is InChI=1S/C18H24N4O3/c1-5-12(6-2)18(23)20-17-10-9-16(21-22-17)19-14-11-13(24-3)7-8-15(14)25-4/h7-12H,5-6H2,1-4H3,(H,19,21)(H,20,22,23). The molecule has 7 heteroatoms. The zero-order chi connectivity index (χ0) is 18.2. The van der Waals surface area contributed by atoms with Gasteiger partial charge in [-0.15, -0.1) is 10.2 Å². The molecule has 0 aliphatic heterocycles. The molecule has 0 fully saturated rings. The fourth-order valence-corrected chi connectivity index (χ4v) is 2.40. The maximum Gasteiger partial charge on any atom is 0.228 e. The molecule has 0 unspecified atom stereocenters. The van der Waals surface area contributed by atoms with Crippen molar-refractivity contribution in [1.82, 2.24) is 10.2 Å². The van der Waals surface area contributed by atoms with Crippen LogP contribution in [0, 0.1) is 5.92 Å². The van der Waals surface area contributed by atoms with Crippen LogP contribution in [0.2, 0.25) is 0 Å². The topological polar surface area (TPSA) is 85.4 Å². The van der Waals surface area contributed by atoms with E-state index in [1.54, 1.807) is 32.4 Å². The molecular weight excluding hydrogens is 320 g/mol. The minimum Gasteiger partial charge on any atom is -0.497 e. The minimum atomic E-state index is -0.0329. The molecule has 0 saturated carbocycles. The minimum absolute atomic E-state index is 0.0133. The summed E-state index contributed by atoms with van der Waals surface area (Å²) in [6, 6.07) is 8.88. The van der Waals surface area contributed by atoms with Crippen molar-refractivity contribution >= 4 is 23.2 Å². The predicted molar refractivity (Wildman–Crippen MR) is 97.6 cm³/mol. The van der Waals surface area contributed by atoms with Crippen molar-refractivity contribution < 1.29 is 14.3 Å². The summed E-state index contributed by atoms with van der Waals surface area (Å²) < 4.78 is 10.5. The summed E-state index contributed by atoms with van der Waals surface area (Å²) in [7, 11) is 3.19. The SMILES string of the molecule is CCC(CC)C(=O)Nc1ccc(Nc2cc(OC)ccc2OC)nn1. The van der Waals surface area contributed by atoms with E-state index in [0.717, 1.165) is 12.8 Å². The molecule has 0 aliphatic carbocycles. The number of hydrogen-bond acceptors (Lipinski definition) is 6. The van der Waals surface area contributed by atoms with Crippen molar-refractivity contribution in [1.29, 1.82) is 0 Å². The molecule has 134 valence electrons. The van der Waals surface area contributed by atoms with Crippen molar-refractivity contribution in [2.45, 2.75) is 26.7 Å². The lowest BCUT2D eigenvalue weighted by molar-refractivity contribution is -0.120. The number of nitrogens with zero attached hydrogens (tertiary/aromatic N) is 2. The Bertz CT molecular complexity index is 700. The highest BCUT2D eigenvalue weighted by atomic mass is 16.5. The summed E-state index contributed by atoms with van der Waals surface area (Å²) in [5.41, 5.74) is 0.713. The van der Waals surface area contributed by atoms with Crippen LogP contribution in [-0.4, -0.2) is 30.3 Å². The van der Waals surface area contributed by atoms with E-state index in [-0.39, 0.29) is 11.8 Å². The lowest BCUT2D eigenvalue weighted by Gasteiger charge is -2.13. The second-order valence-electron chi connectivity index (χ2n) is 5.50. The molecule has 1 aromatic carbocycles. The summed E-state index contributed by atoms with van der Waals surface area (Å²) in [5, 5.41) is 14.1. The third kappa shape index (κ3) is 4.82. The Labute approximate surface area is 147 Å². The highest BCUT2D eigenvalue weighted by Gasteiger charge is 2.15. The van der Waals surface area contributed by atoms with E-state index >= 15 is 0 Å². The number of aromatic nitrogens is 2. The number of nitrogens with one attached hydrogen (secondary N) is 2. The molecule has 2 aromatic rings. The van der Waals surface area contributed by atoms with Crippen molar-refractivity contribution in [2.75, 3.05) is 24.9 Å². The van der Waals surface area contributed by atoms with E-state index in [2.05, 4.69) is 20.8 Å². The molecule has 2 rings (SSSR count). The van der Waals surface area contributed by atoms with Gasteiger partial charge >= 0.3 is 0 Å². The molecular formula is C18H24N4O3. The van der Waals surface area contributed by atoms with Gasteiger partial charge in [0.1, 0.15) is 11.5 Å². The van der Waals surface area contributed by atoms with Crippen molar-refractivity contribution in [3.63, 3.8) is 0 Å². The summed E-state index contributed by atoms with van der Waals surface area (Å²) in [5.74, 6) is 2.28. The molecule has 0 aliphatic rings. The number of benzene rings is 1. The molecule has 2 N–H and O–H groups in total. The van der Waals surface area contributed by atoms with E-state index in [1.165, 1.54) is 0 Å². The fourth-order valence-electron chi connectivity index (χ4n) is 2.40. The smallest absolute Gasteiger partial charge is 0.228 e. The van der Waals surface area contributed by atoms with Gasteiger partial charge in [-0.2, -0.15) is 0 Å². The summed E-state index contributed by atoms with van der Waals surface area (Å²) in [4.78, 5) is 12.1. The van der Waals surface area contributed by atoms with E-state index in [1.807, 2.05) is 26.0 Å². The van der Waals surface area contributed by atoms with Crippen LogP contribution in [0.25, 0.3) is 0 Å². The lowest BCUT2D eigenvalue weighted by Crippen LogP contribution is -2.22. The summed E-state index contributed by atoms with van der Waals surface area (Å²) in [6.45, 7) is 3.99. The van der Waals surface area contributed by atoms with Crippen LogP contribution >= 0.6 is 0 Å². The van der Waals surface area contributed by atoms with Gasteiger partial charge in [0, 0.05) is 12.0 Å². The summed E-state index contributed by atoms with van der Waals surface area (Å²) in [6.07, 6.45) is 1.59. The van der Waals surface area contributed by atoms with Gasteiger partial charge in [0.15, 0.2) is 11.6 Å². The van der Waals surface area contributed by atoms with Crippen molar-refractivity contribution in [3.8, 4) is 11.5 Å². The number of anilines is 3. The molecule has 1 amide bonds. The number of ether oxygens (including phenoxy) is 2. The van der Waals surface area contributed by atoms with Gasteiger partial charge in [0.2, 0.25) is 5.91 Å². The van der Waals surface area contributed by atoms with Gasteiger partial charge < -0.3 is 20.1 Å². The Balaban J connectivity index is 2.09. The van der Waals surface area contributed by atoms with Crippen LogP contribution < -0.4 is 20.1 Å². The molecule has 0 atom stereocenters. The maximum absolute atomic E-state index is 12.1. The number of amides is 1. The van der Waals surface area contributed by atoms with Gasteiger partial charge in [-0.25, -0.2) is 0 Å². The average Bonchev–Trinajstić information content (AvgIpc) is 2.64. The van der Waals surface area contributed by atoms with E-state index in [0.29, 0.717) is 28.8 Å². The van der Waals surface area contributed by atoms with Gasteiger partial charge in [-0.05, 0) is 37.1 Å². The van der Waals surface area contributed by atoms with Gasteiger partial charge in [0.05, 0.1) is 19.9 Å². The largest absolute Gasteiger partial charge is 0.497 e. The molecule has 7 nitrogen and oxygen atoms in total. The molecule has 1 heterocycles. The number of carbonyl (C=O) groups excluding carboxylic acids is 1. The third-order valence-corrected chi connectivity index (χ3v) is 3.94. The predicted octanol–water partition coefficient (Wildman–Crippen LogP) is 3.61. The number of hydrogen-bond donors (Lipinski definition) is 2. The van der Waals surface area contributed by atoms with Crippen LogP contribution in [0.3, 0.4) is 0 Å². The Morgan fingerprint density at radius 3 is 2.28 bits per heavy atom. The normalized spacial score (nSPS) is 10.4. The van der Waals surface area contributed by atoms with Crippen LogP contribution in [0.15, 0.2) is 30.3 Å². The first-order valence-electron chi connectivity index (χ1n) is 8.24. The fraction of sp³-hybridized carbons (Fsp3) is 0.389. The van der Waals surface area contributed by atoms with Crippen LogP contribution in [0.4, 0.5) is 17.3 Å². The lowest BCUT2D eigenvalue weighted by atomic mass is 10.0. The van der Waals surface area contributed by atoms with E-state index in [4.69, 9.17) is 9.47 Å². The van der Waals surface area contributed by atoms with Crippen molar-refractivity contribution in [2.24, 2.45) is 5.92 Å². The second kappa shape index (κ2) is 8.86. The first kappa shape index (κ1) is 18.5. The molecule has 1 aromatic heterocycles. The summed E-state index contributed by atoms with van der Waals surface area (Å²) >= 11 is 0. The number of rotatable bonds is 8. The number of methoxy groups -OCH3 is 2. The van der Waals surface area contributed by atoms with Gasteiger partial charge in [0.25, 0.3) is 0 Å². The molecule has 25 heavy (non-hydrogen) atoms. The zero-order valence-corrected chi connectivity index (χ0v) is 15.0. The highest BCUT2D eigenvalue weighted by molar-refractivity contribution is 5.91. The Morgan fingerprint density at radius 2 is 1.72 bits per heavy atom. The van der Waals surface area contributed by atoms with Crippen LogP contribution in [0.5, 0.6) is 11.5 Å². The molecule has 0 bridgehead atoms. The molecule has 0 radical (unpaired) electrons. The quantitative estimate of drug-likeness (QED) is 0.761. The number of carbonyl (C=O) groups is 1. The average molecular weight is 344 g/mol. The Kier molecular flexibility index (Phi) is 6.56. The van der Waals surface area contributed by atoms with Crippen LogP contribution in [-0.2, 0) is 4.79 Å². The highest BCUT2D eigenvalue weighted by Crippen LogP contribution is 2.30. The maximum atomic E-state index is 12.1. The molecule has 0 spiro atoms. The molecule has 0 saturated heterocycles. The Morgan fingerprint density at radius 1 is 1.04 bits per heavy atom. The second-order valence-corrected chi connectivity index (χ2v) is 5.50. The van der Waals surface area contributed by atoms with E-state index < -0.39 is 0 Å². The third-order valence-electron chi connectivity index (χ3n) is 3.94. The monoisotopic (exact) mass is 344 g/mol. The zero-order valence-electron chi connectivity index (χ0n) is 15.0. The first-order valence-corrected chi connectivity index (χ1v) is 8.24. The van der Waals surface area contributed by atoms with Gasteiger partial charge in [-0.1, -0.05) is 13.8 Å². The van der Waals surface area contributed by atoms with E-state index in [9.17, 15) is 4.79 Å². The Hall–Kier alpha value is -2.83. The van der Waals surface area contributed by atoms with Crippen molar-refractivity contribution in [3.05, 3.63) is 30.3 Å².